The normalized spacial score (nSPS) is 38.6. The van der Waals surface area contributed by atoms with E-state index in [1.54, 1.807) is 0 Å². The van der Waals surface area contributed by atoms with E-state index in [1.807, 2.05) is 0 Å². The molecule has 0 saturated carbocycles. The molecule has 3 unspecified atom stereocenters. The highest BCUT2D eigenvalue weighted by atomic mass is 16.3. The predicted octanol–water partition coefficient (Wildman–Crippen LogP) is 2.02. The predicted molar refractivity (Wildman–Crippen MR) is 58.2 cm³/mol. The minimum absolute atomic E-state index is 0.403. The zero-order chi connectivity index (χ0) is 9.97. The van der Waals surface area contributed by atoms with Gasteiger partial charge in [0, 0.05) is 18.7 Å². The summed E-state index contributed by atoms with van der Waals surface area (Å²) in [6.07, 6.45) is 7.90. The molecule has 0 radical (unpaired) electrons. The second-order valence-electron chi connectivity index (χ2n) is 4.91. The van der Waals surface area contributed by atoms with E-state index in [1.165, 1.54) is 45.1 Å². The summed E-state index contributed by atoms with van der Waals surface area (Å²) in [6.45, 7) is 3.97. The molecule has 2 rings (SSSR count). The zero-order valence-electron chi connectivity index (χ0n) is 9.28. The molecule has 2 nitrogen and oxygen atoms in total. The van der Waals surface area contributed by atoms with Gasteiger partial charge in [-0.2, -0.15) is 0 Å². The highest BCUT2D eigenvalue weighted by molar-refractivity contribution is 4.93. The molecule has 0 aromatic carbocycles. The molecule has 0 aromatic rings. The van der Waals surface area contributed by atoms with E-state index in [0.717, 1.165) is 6.04 Å². The van der Waals surface area contributed by atoms with E-state index in [0.29, 0.717) is 18.6 Å². The second-order valence-corrected chi connectivity index (χ2v) is 4.91. The van der Waals surface area contributed by atoms with Gasteiger partial charge in [-0.15, -0.1) is 0 Å². The molecule has 2 heterocycles. The van der Waals surface area contributed by atoms with Gasteiger partial charge in [0.05, 0.1) is 0 Å². The zero-order valence-corrected chi connectivity index (χ0v) is 9.28. The van der Waals surface area contributed by atoms with E-state index in [9.17, 15) is 5.11 Å². The standard InChI is InChI=1S/C12H23NO/c1-2-4-11-7-6-10(9-14)12-5-3-8-13(11)12/h10-12,14H,2-9H2,1H3. The van der Waals surface area contributed by atoms with Crippen molar-refractivity contribution in [3.63, 3.8) is 0 Å². The van der Waals surface area contributed by atoms with Gasteiger partial charge >= 0.3 is 0 Å². The Morgan fingerprint density at radius 3 is 2.86 bits per heavy atom. The highest BCUT2D eigenvalue weighted by Gasteiger charge is 2.38. The van der Waals surface area contributed by atoms with E-state index in [4.69, 9.17) is 0 Å². The quantitative estimate of drug-likeness (QED) is 0.748. The van der Waals surface area contributed by atoms with Crippen LogP contribution in [-0.2, 0) is 0 Å². The minimum atomic E-state index is 0.403. The average Bonchev–Trinajstić information content (AvgIpc) is 2.67. The Morgan fingerprint density at radius 2 is 2.14 bits per heavy atom. The molecule has 14 heavy (non-hydrogen) atoms. The van der Waals surface area contributed by atoms with Gasteiger partial charge in [-0.3, -0.25) is 4.90 Å². The molecule has 2 aliphatic heterocycles. The summed E-state index contributed by atoms with van der Waals surface area (Å²) in [5.41, 5.74) is 0. The number of hydrogen-bond donors (Lipinski definition) is 1. The van der Waals surface area contributed by atoms with Crippen molar-refractivity contribution in [2.75, 3.05) is 13.2 Å². The third-order valence-corrected chi connectivity index (χ3v) is 4.08. The molecule has 82 valence electrons. The molecule has 2 aliphatic rings. The Labute approximate surface area is 87.3 Å². The fourth-order valence-corrected chi connectivity index (χ4v) is 3.40. The number of aliphatic hydroxyl groups is 1. The van der Waals surface area contributed by atoms with Gasteiger partial charge in [-0.25, -0.2) is 0 Å². The van der Waals surface area contributed by atoms with Crippen molar-refractivity contribution in [1.82, 2.24) is 4.90 Å². The number of piperidine rings is 1. The van der Waals surface area contributed by atoms with Crippen LogP contribution in [0.4, 0.5) is 0 Å². The maximum absolute atomic E-state index is 9.33. The summed E-state index contributed by atoms with van der Waals surface area (Å²) < 4.78 is 0. The minimum Gasteiger partial charge on any atom is -0.396 e. The van der Waals surface area contributed by atoms with E-state index in [-0.39, 0.29) is 0 Å². The van der Waals surface area contributed by atoms with Crippen LogP contribution in [0.1, 0.15) is 45.4 Å². The molecule has 1 N–H and O–H groups in total. The summed E-state index contributed by atoms with van der Waals surface area (Å²) in [5, 5.41) is 9.33. The Balaban J connectivity index is 1.99. The van der Waals surface area contributed by atoms with Gasteiger partial charge in [0.2, 0.25) is 0 Å². The van der Waals surface area contributed by atoms with Crippen molar-refractivity contribution in [1.29, 1.82) is 0 Å². The Bertz CT molecular complexity index is 183. The molecule has 0 spiro atoms. The molecule has 0 amide bonds. The van der Waals surface area contributed by atoms with Gasteiger partial charge < -0.3 is 5.11 Å². The van der Waals surface area contributed by atoms with E-state index in [2.05, 4.69) is 11.8 Å². The van der Waals surface area contributed by atoms with E-state index < -0.39 is 0 Å². The molecule has 2 fully saturated rings. The number of fused-ring (bicyclic) bond motifs is 1. The van der Waals surface area contributed by atoms with Gasteiger partial charge in [-0.1, -0.05) is 13.3 Å². The summed E-state index contributed by atoms with van der Waals surface area (Å²) in [5.74, 6) is 0.575. The molecule has 2 saturated heterocycles. The first-order chi connectivity index (χ1) is 6.86. The summed E-state index contributed by atoms with van der Waals surface area (Å²) in [4.78, 5) is 2.69. The molecule has 3 atom stereocenters. The largest absolute Gasteiger partial charge is 0.396 e. The van der Waals surface area contributed by atoms with Crippen LogP contribution in [-0.4, -0.2) is 35.2 Å². The maximum Gasteiger partial charge on any atom is 0.0474 e. The Morgan fingerprint density at radius 1 is 1.29 bits per heavy atom. The third kappa shape index (κ3) is 1.82. The molecule has 0 bridgehead atoms. The fraction of sp³-hybridized carbons (Fsp3) is 1.00. The van der Waals surface area contributed by atoms with Crippen LogP contribution in [0.3, 0.4) is 0 Å². The second kappa shape index (κ2) is 4.63. The van der Waals surface area contributed by atoms with Gasteiger partial charge in [0.15, 0.2) is 0 Å². The summed E-state index contributed by atoms with van der Waals surface area (Å²) in [7, 11) is 0. The lowest BCUT2D eigenvalue weighted by Crippen LogP contribution is -2.48. The van der Waals surface area contributed by atoms with Gasteiger partial charge in [-0.05, 0) is 44.6 Å². The lowest BCUT2D eigenvalue weighted by Gasteiger charge is -2.42. The van der Waals surface area contributed by atoms with Crippen LogP contribution in [0.25, 0.3) is 0 Å². The summed E-state index contributed by atoms with van der Waals surface area (Å²) in [6, 6.07) is 1.54. The summed E-state index contributed by atoms with van der Waals surface area (Å²) >= 11 is 0. The van der Waals surface area contributed by atoms with Crippen molar-refractivity contribution >= 4 is 0 Å². The van der Waals surface area contributed by atoms with Gasteiger partial charge in [0.1, 0.15) is 0 Å². The lowest BCUT2D eigenvalue weighted by atomic mass is 9.85. The first-order valence-electron chi connectivity index (χ1n) is 6.23. The molecular weight excluding hydrogens is 174 g/mol. The smallest absolute Gasteiger partial charge is 0.0474 e. The van der Waals surface area contributed by atoms with Crippen molar-refractivity contribution in [2.24, 2.45) is 5.92 Å². The first kappa shape index (κ1) is 10.4. The molecule has 2 heteroatoms. The highest BCUT2D eigenvalue weighted by Crippen LogP contribution is 2.36. The number of hydrogen-bond acceptors (Lipinski definition) is 2. The first-order valence-corrected chi connectivity index (χ1v) is 6.23. The average molecular weight is 197 g/mol. The number of rotatable bonds is 3. The molecule has 0 aliphatic carbocycles. The topological polar surface area (TPSA) is 23.5 Å². The van der Waals surface area contributed by atoms with E-state index >= 15 is 0 Å². The third-order valence-electron chi connectivity index (χ3n) is 4.08. The van der Waals surface area contributed by atoms with Crippen LogP contribution in [0.2, 0.25) is 0 Å². The number of aliphatic hydroxyl groups excluding tert-OH is 1. The van der Waals surface area contributed by atoms with Crippen molar-refractivity contribution in [3.05, 3.63) is 0 Å². The van der Waals surface area contributed by atoms with Crippen LogP contribution in [0.5, 0.6) is 0 Å². The van der Waals surface area contributed by atoms with Crippen LogP contribution >= 0.6 is 0 Å². The monoisotopic (exact) mass is 197 g/mol. The number of nitrogens with zero attached hydrogens (tertiary/aromatic N) is 1. The SMILES string of the molecule is CCCC1CCC(CO)C2CCCN12. The van der Waals surface area contributed by atoms with Crippen LogP contribution in [0.15, 0.2) is 0 Å². The van der Waals surface area contributed by atoms with Crippen LogP contribution < -0.4 is 0 Å². The van der Waals surface area contributed by atoms with Crippen molar-refractivity contribution < 1.29 is 5.11 Å². The van der Waals surface area contributed by atoms with Crippen molar-refractivity contribution in [3.8, 4) is 0 Å². The Kier molecular flexibility index (Phi) is 3.45. The molecule has 0 aromatic heterocycles. The Hall–Kier alpha value is -0.0800. The van der Waals surface area contributed by atoms with Gasteiger partial charge in [0.25, 0.3) is 0 Å². The van der Waals surface area contributed by atoms with Crippen LogP contribution in [0, 0.1) is 5.92 Å². The van der Waals surface area contributed by atoms with Crippen molar-refractivity contribution in [2.45, 2.75) is 57.5 Å². The maximum atomic E-state index is 9.33. The fourth-order valence-electron chi connectivity index (χ4n) is 3.40. The lowest BCUT2D eigenvalue weighted by molar-refractivity contribution is 0.0396. The molecular formula is C12H23NO.